The van der Waals surface area contributed by atoms with Crippen LogP contribution in [0.1, 0.15) is 72.1 Å². The summed E-state index contributed by atoms with van der Waals surface area (Å²) in [5, 5.41) is 5.54. The molecule has 2 aromatic carbocycles. The van der Waals surface area contributed by atoms with Crippen molar-refractivity contribution in [3.63, 3.8) is 0 Å². The second-order valence-electron chi connectivity index (χ2n) is 16.0. The minimum atomic E-state index is -2.84. The Kier molecular flexibility index (Phi) is 11.6. The molecule has 2 aliphatic carbocycles. The maximum atomic E-state index is 14.6. The number of likely N-dealkylation sites (tertiary alicyclic amines) is 2. The van der Waals surface area contributed by atoms with E-state index < -0.39 is 76.1 Å². The lowest BCUT2D eigenvalue weighted by Gasteiger charge is -2.37. The van der Waals surface area contributed by atoms with Crippen LogP contribution in [0, 0.1) is 17.3 Å². The number of hydrogen-bond donors (Lipinski definition) is 2. The van der Waals surface area contributed by atoms with Crippen molar-refractivity contribution in [2.24, 2.45) is 17.3 Å². The highest BCUT2D eigenvalue weighted by Gasteiger charge is 2.63. The molecule has 2 saturated carbocycles. The molecule has 0 aromatic heterocycles. The number of ether oxygens (including phenoxy) is 1. The first kappa shape index (κ1) is 39.1. The van der Waals surface area contributed by atoms with Crippen LogP contribution in [0.5, 0.6) is 0 Å². The number of amides is 5. The van der Waals surface area contributed by atoms with Crippen molar-refractivity contribution in [2.75, 3.05) is 25.0 Å². The molecule has 2 aliphatic heterocycles. The third-order valence-corrected chi connectivity index (χ3v) is 11.8. The zero-order valence-electron chi connectivity index (χ0n) is 31.2. The average molecular weight is 761 g/mol. The van der Waals surface area contributed by atoms with Gasteiger partial charge in [-0.05, 0) is 67.2 Å². The second-order valence-corrected chi connectivity index (χ2v) is 16.8. The molecule has 2 heterocycles. The molecule has 14 heteroatoms. The van der Waals surface area contributed by atoms with E-state index in [2.05, 4.69) is 17.2 Å². The van der Waals surface area contributed by atoms with E-state index in [0.29, 0.717) is 31.6 Å². The van der Waals surface area contributed by atoms with Gasteiger partial charge in [-0.2, -0.15) is 0 Å². The number of nitrogens with zero attached hydrogens (tertiary/aromatic N) is 3. The topological polar surface area (TPSA) is 168 Å². The molecule has 2 saturated heterocycles. The number of rotatable bonds is 12. The lowest BCUT2D eigenvalue weighted by Crippen LogP contribution is -2.57. The van der Waals surface area contributed by atoms with Crippen molar-refractivity contribution >= 4 is 46.7 Å². The number of hydrogen-bond acceptors (Lipinski definition) is 8. The summed E-state index contributed by atoms with van der Waals surface area (Å²) in [5.74, 6) is -3.30. The Labute approximate surface area is 319 Å². The van der Waals surface area contributed by atoms with Crippen LogP contribution in [0.25, 0.3) is 11.1 Å². The molecular weight excluding hydrogens is 711 g/mol. The van der Waals surface area contributed by atoms with E-state index in [4.69, 9.17) is 4.74 Å². The van der Waals surface area contributed by atoms with Gasteiger partial charge >= 0.3 is 6.09 Å². The standard InChI is InChI=1S/C40H51N5O8S/c1-5-28-24-40(28,37(49)45(54(51)52)30-18-19-30)42-35(47)33-22-31(53-38(50)41-29-16-14-27(15-17-29)26-12-8-6-9-13-26)25-44(33)36(48)32(39(2,3)4)23-34(46)43-20-10-7-11-21-43/h5-6,8-9,12-17,28,30-33H,1,7,10-11,18-25H2,2-4H3,(H,41,50)(H,42,47)(H,51,52)/p-1/t28-,31-,32-,33+,40-/m1/s1. The van der Waals surface area contributed by atoms with Gasteiger partial charge in [0.1, 0.15) is 17.7 Å². The summed E-state index contributed by atoms with van der Waals surface area (Å²) in [5.41, 5.74) is 0.272. The van der Waals surface area contributed by atoms with Crippen molar-refractivity contribution in [2.45, 2.75) is 95.9 Å². The van der Waals surface area contributed by atoms with Gasteiger partial charge in [0.25, 0.3) is 5.91 Å². The lowest BCUT2D eigenvalue weighted by atomic mass is 9.77. The van der Waals surface area contributed by atoms with Crippen LogP contribution in [0.4, 0.5) is 10.5 Å². The van der Waals surface area contributed by atoms with E-state index in [1.54, 1.807) is 17.0 Å². The molecule has 54 heavy (non-hydrogen) atoms. The Balaban J connectivity index is 1.21. The van der Waals surface area contributed by atoms with E-state index in [-0.39, 0.29) is 31.7 Å². The van der Waals surface area contributed by atoms with Crippen LogP contribution < -0.4 is 10.6 Å². The van der Waals surface area contributed by atoms with E-state index >= 15 is 0 Å². The Bertz CT molecular complexity index is 1770. The molecule has 6 rings (SSSR count). The maximum Gasteiger partial charge on any atom is 0.411 e. The monoisotopic (exact) mass is 760 g/mol. The first-order valence-electron chi connectivity index (χ1n) is 18.8. The first-order chi connectivity index (χ1) is 25.7. The second kappa shape index (κ2) is 16.0. The van der Waals surface area contributed by atoms with Crippen LogP contribution in [0.15, 0.2) is 67.3 Å². The third kappa shape index (κ3) is 8.70. The van der Waals surface area contributed by atoms with Gasteiger partial charge in [0.15, 0.2) is 0 Å². The van der Waals surface area contributed by atoms with Gasteiger partial charge in [-0.3, -0.25) is 33.0 Å². The zero-order valence-corrected chi connectivity index (χ0v) is 32.0. The maximum absolute atomic E-state index is 14.6. The molecule has 290 valence electrons. The molecule has 4 fully saturated rings. The number of nitrogens with one attached hydrogen (secondary N) is 2. The van der Waals surface area contributed by atoms with Crippen LogP contribution in [-0.4, -0.2) is 95.9 Å². The molecule has 4 aliphatic rings. The molecule has 13 nitrogen and oxygen atoms in total. The predicted molar refractivity (Wildman–Crippen MR) is 202 cm³/mol. The van der Waals surface area contributed by atoms with Gasteiger partial charge in [0.2, 0.25) is 17.7 Å². The lowest BCUT2D eigenvalue weighted by molar-refractivity contribution is -0.149. The number of carbonyl (C=O) groups is 5. The predicted octanol–water partition coefficient (Wildman–Crippen LogP) is 4.78. The Morgan fingerprint density at radius 1 is 1.02 bits per heavy atom. The summed E-state index contributed by atoms with van der Waals surface area (Å²) >= 11 is -2.84. The molecule has 6 atom stereocenters. The smallest absolute Gasteiger partial charge is 0.411 e. The van der Waals surface area contributed by atoms with Crippen molar-refractivity contribution in [3.8, 4) is 11.1 Å². The number of anilines is 1. The number of benzene rings is 2. The molecule has 5 amide bonds. The molecule has 0 radical (unpaired) electrons. The van der Waals surface area contributed by atoms with Crippen LogP contribution in [-0.2, 0) is 35.2 Å². The van der Waals surface area contributed by atoms with E-state index in [1.807, 2.05) is 63.2 Å². The zero-order chi connectivity index (χ0) is 38.8. The van der Waals surface area contributed by atoms with Crippen molar-refractivity contribution in [3.05, 3.63) is 67.3 Å². The first-order valence-corrected chi connectivity index (χ1v) is 19.8. The fraction of sp³-hybridized carbons (Fsp3) is 0.525. The highest BCUT2D eigenvalue weighted by atomic mass is 32.2. The van der Waals surface area contributed by atoms with E-state index in [1.165, 1.54) is 11.0 Å². The van der Waals surface area contributed by atoms with E-state index in [9.17, 15) is 32.7 Å². The Hall–Kier alpha value is -4.56. The van der Waals surface area contributed by atoms with Gasteiger partial charge in [0, 0.05) is 43.6 Å². The number of carbonyl (C=O) groups excluding carboxylic acids is 5. The molecular formula is C40H50N5O8S-. The number of piperidine rings is 1. The van der Waals surface area contributed by atoms with E-state index in [0.717, 1.165) is 34.7 Å². The minimum absolute atomic E-state index is 0.0508. The third-order valence-electron chi connectivity index (χ3n) is 11.1. The average Bonchev–Trinajstić information content (AvgIpc) is 4.07. The van der Waals surface area contributed by atoms with Gasteiger partial charge < -0.3 is 24.4 Å². The fourth-order valence-corrected chi connectivity index (χ4v) is 8.39. The molecule has 0 spiro atoms. The van der Waals surface area contributed by atoms with Crippen molar-refractivity contribution in [1.82, 2.24) is 19.4 Å². The molecule has 2 aromatic rings. The molecule has 1 unspecified atom stereocenters. The fourth-order valence-electron chi connectivity index (χ4n) is 7.64. The largest absolute Gasteiger partial charge is 0.755 e. The summed E-state index contributed by atoms with van der Waals surface area (Å²) in [4.78, 5) is 72.4. The van der Waals surface area contributed by atoms with Gasteiger partial charge in [0.05, 0.1) is 23.7 Å². The summed E-state index contributed by atoms with van der Waals surface area (Å²) in [6, 6.07) is 15.4. The highest BCUT2D eigenvalue weighted by Crippen LogP contribution is 2.48. The summed E-state index contributed by atoms with van der Waals surface area (Å²) in [6.45, 7) is 10.5. The van der Waals surface area contributed by atoms with Gasteiger partial charge in [-0.1, -0.05) is 69.3 Å². The molecule has 2 N–H and O–H groups in total. The van der Waals surface area contributed by atoms with Crippen LogP contribution in [0.2, 0.25) is 0 Å². The minimum Gasteiger partial charge on any atom is -0.755 e. The summed E-state index contributed by atoms with van der Waals surface area (Å²) < 4.78 is 30.9. The SMILES string of the molecule is C=C[C@@H]1C[C@]1(NC(=O)[C@@H]1C[C@@H](OC(=O)Nc2ccc(-c3ccccc3)cc2)CN1C(=O)[C@@H](CC(=O)N1CCCCC1)C(C)(C)C)C(=O)N(C1CC1)S(=O)[O-]. The van der Waals surface area contributed by atoms with Crippen LogP contribution in [0.3, 0.4) is 0 Å². The van der Waals surface area contributed by atoms with Gasteiger partial charge in [-0.15, -0.1) is 6.58 Å². The highest BCUT2D eigenvalue weighted by molar-refractivity contribution is 7.77. The Morgan fingerprint density at radius 2 is 1.67 bits per heavy atom. The quantitative estimate of drug-likeness (QED) is 0.230. The summed E-state index contributed by atoms with van der Waals surface area (Å²) in [7, 11) is 0. The normalized spacial score (nSPS) is 24.9. The summed E-state index contributed by atoms with van der Waals surface area (Å²) in [6.07, 6.45) is 3.80. The van der Waals surface area contributed by atoms with Crippen molar-refractivity contribution < 1.29 is 37.5 Å². The molecule has 0 bridgehead atoms. The van der Waals surface area contributed by atoms with Crippen molar-refractivity contribution in [1.29, 1.82) is 0 Å². The van der Waals surface area contributed by atoms with Crippen LogP contribution >= 0.6 is 0 Å². The van der Waals surface area contributed by atoms with Gasteiger partial charge in [-0.25, -0.2) is 4.79 Å². The Morgan fingerprint density at radius 3 is 2.24 bits per heavy atom.